The van der Waals surface area contributed by atoms with E-state index in [1.165, 1.54) is 24.3 Å². The van der Waals surface area contributed by atoms with Crippen molar-refractivity contribution in [2.75, 3.05) is 47.1 Å². The molecule has 350 valence electrons. The van der Waals surface area contributed by atoms with Crippen molar-refractivity contribution in [1.29, 1.82) is 0 Å². The Morgan fingerprint density at radius 3 is 1.71 bits per heavy atom. The van der Waals surface area contributed by atoms with Crippen LogP contribution in [0.1, 0.15) is 65.2 Å². The number of imidazole rings is 2. The average Bonchev–Trinajstić information content (AvgIpc) is 4.24. The van der Waals surface area contributed by atoms with Crippen LogP contribution in [0, 0.1) is 11.8 Å². The van der Waals surface area contributed by atoms with Crippen molar-refractivity contribution in [2.45, 2.75) is 87.1 Å². The summed E-state index contributed by atoms with van der Waals surface area (Å²) < 4.78 is 61.8. The number of carbonyl (C=O) groups excluding carboxylic acids is 2. The second kappa shape index (κ2) is 20.1. The number of benzene rings is 4. The van der Waals surface area contributed by atoms with Crippen molar-refractivity contribution >= 4 is 77.4 Å². The van der Waals surface area contributed by atoms with Crippen LogP contribution >= 0.6 is 0 Å². The van der Waals surface area contributed by atoms with Gasteiger partial charge in [0.05, 0.1) is 22.1 Å². The molecule has 66 heavy (non-hydrogen) atoms. The molecule has 0 spiro atoms. The van der Waals surface area contributed by atoms with Crippen molar-refractivity contribution in [3.8, 4) is 11.5 Å². The van der Waals surface area contributed by atoms with Crippen molar-refractivity contribution in [3.05, 3.63) is 84.9 Å². The number of nitrogens with one attached hydrogen (secondary N) is 6. The Morgan fingerprint density at radius 1 is 0.712 bits per heavy atom. The summed E-state index contributed by atoms with van der Waals surface area (Å²) >= 11 is 0. The molecular formula is C46H55N9O9S2. The van der Waals surface area contributed by atoms with Gasteiger partial charge >= 0.3 is 20.2 Å². The number of aromatic amines is 2. The third-order valence-electron chi connectivity index (χ3n) is 11.4. The van der Waals surface area contributed by atoms with Gasteiger partial charge in [-0.3, -0.25) is 20.2 Å². The summed E-state index contributed by atoms with van der Waals surface area (Å²) in [5.74, 6) is 0.951. The Kier molecular flexibility index (Phi) is 14.1. The molecule has 2 amide bonds. The minimum absolute atomic E-state index is 0.0547. The second-order valence-corrected chi connectivity index (χ2v) is 20.1. The Morgan fingerprint density at radius 2 is 1.23 bits per heavy atom. The highest BCUT2D eigenvalue weighted by atomic mass is 32.2. The number of aliphatic hydroxyl groups excluding tert-OH is 1. The maximum absolute atomic E-state index is 12.9. The third kappa shape index (κ3) is 12.0. The fourth-order valence-corrected chi connectivity index (χ4v) is 9.42. The van der Waals surface area contributed by atoms with E-state index in [1.54, 1.807) is 60.7 Å². The van der Waals surface area contributed by atoms with E-state index in [0.717, 1.165) is 76.0 Å². The highest BCUT2D eigenvalue weighted by molar-refractivity contribution is 7.87. The van der Waals surface area contributed by atoms with E-state index in [4.69, 9.17) is 8.37 Å². The van der Waals surface area contributed by atoms with Gasteiger partial charge in [0, 0.05) is 73.7 Å². The van der Waals surface area contributed by atoms with Crippen LogP contribution in [0.2, 0.25) is 0 Å². The number of amides is 2. The van der Waals surface area contributed by atoms with Crippen LogP contribution in [0.5, 0.6) is 11.5 Å². The molecule has 1 unspecified atom stereocenters. The molecule has 2 aliphatic carbocycles. The van der Waals surface area contributed by atoms with Gasteiger partial charge in [-0.2, -0.15) is 16.8 Å². The molecule has 2 saturated carbocycles. The lowest BCUT2D eigenvalue weighted by atomic mass is 9.99. The predicted octanol–water partition coefficient (Wildman–Crippen LogP) is 6.51. The molecular weight excluding hydrogens is 887 g/mol. The molecule has 18 nitrogen and oxygen atoms in total. The van der Waals surface area contributed by atoms with Gasteiger partial charge in [0.15, 0.2) is 0 Å². The second-order valence-electron chi connectivity index (χ2n) is 17.0. The van der Waals surface area contributed by atoms with E-state index in [-0.39, 0.29) is 57.6 Å². The van der Waals surface area contributed by atoms with E-state index < -0.39 is 20.2 Å². The number of carbonyl (C=O) groups is 2. The first-order valence-electron chi connectivity index (χ1n) is 22.3. The predicted molar refractivity (Wildman–Crippen MR) is 252 cm³/mol. The van der Waals surface area contributed by atoms with Crippen LogP contribution in [0.3, 0.4) is 0 Å². The van der Waals surface area contributed by atoms with E-state index in [1.807, 2.05) is 0 Å². The molecule has 20 heteroatoms. The smallest absolute Gasteiger partial charge is 0.339 e. The molecule has 1 aliphatic heterocycles. The Bertz CT molecular complexity index is 2880. The zero-order valence-electron chi connectivity index (χ0n) is 36.7. The molecule has 9 rings (SSSR count). The largest absolute Gasteiger partial charge is 0.396 e. The highest BCUT2D eigenvalue weighted by Crippen LogP contribution is 2.33. The van der Waals surface area contributed by atoms with Gasteiger partial charge in [0.1, 0.15) is 21.3 Å². The van der Waals surface area contributed by atoms with Gasteiger partial charge in [-0.1, -0.05) is 13.8 Å². The summed E-state index contributed by atoms with van der Waals surface area (Å²) in [6, 6.07) is 23.2. The van der Waals surface area contributed by atoms with E-state index in [0.29, 0.717) is 46.4 Å². The number of fused-ring (bicyclic) bond motifs is 2. The number of hydrogen-bond acceptors (Lipinski definition) is 14. The molecule has 1 atom stereocenters. The fraction of sp³-hybridized carbons (Fsp3) is 0.391. The SMILES string of the molecule is CC(C)NCCNc1ccc(S(=O)(=O)Oc2ccc3[nH]c(NC(=O)C4CC4)nc3c2)cc1.O=C(Nc1nc2cc(OS(=O)(=O)c3ccc(N4CCCCC4CCO)cc3)ccc2[nH]1)C1CC1. The quantitative estimate of drug-likeness (QED) is 0.0359. The number of H-pyrrole nitrogens is 2. The van der Waals surface area contributed by atoms with E-state index >= 15 is 0 Å². The van der Waals surface area contributed by atoms with Gasteiger partial charge in [-0.05, 0) is 124 Å². The number of rotatable bonds is 18. The molecule has 0 radical (unpaired) electrons. The number of aliphatic hydroxyl groups is 1. The van der Waals surface area contributed by atoms with E-state index in [9.17, 15) is 31.5 Å². The summed E-state index contributed by atoms with van der Waals surface area (Å²) in [5, 5.41) is 21.4. The lowest BCUT2D eigenvalue weighted by Crippen LogP contribution is -2.40. The van der Waals surface area contributed by atoms with Crippen LogP contribution in [-0.2, 0) is 29.8 Å². The number of anilines is 4. The van der Waals surface area contributed by atoms with Crippen LogP contribution in [-0.4, -0.2) is 92.0 Å². The van der Waals surface area contributed by atoms with Gasteiger partial charge in [0.25, 0.3) is 0 Å². The van der Waals surface area contributed by atoms with E-state index in [2.05, 4.69) is 60.0 Å². The summed E-state index contributed by atoms with van der Waals surface area (Å²) in [4.78, 5) is 40.9. The summed E-state index contributed by atoms with van der Waals surface area (Å²) in [6.45, 7) is 6.72. The summed E-state index contributed by atoms with van der Waals surface area (Å²) in [6.07, 6.45) is 7.51. The molecule has 6 aromatic rings. The average molecular weight is 942 g/mol. The van der Waals surface area contributed by atoms with Crippen LogP contribution in [0.15, 0.2) is 94.7 Å². The Balaban J connectivity index is 0.000000180. The molecule has 3 heterocycles. The van der Waals surface area contributed by atoms with Crippen LogP contribution < -0.4 is 34.5 Å². The molecule has 3 aliphatic rings. The van der Waals surface area contributed by atoms with Gasteiger partial charge in [-0.15, -0.1) is 0 Å². The van der Waals surface area contributed by atoms with Gasteiger partial charge in [0.2, 0.25) is 23.7 Å². The van der Waals surface area contributed by atoms with Crippen molar-refractivity contribution in [1.82, 2.24) is 25.3 Å². The molecule has 2 aromatic heterocycles. The highest BCUT2D eigenvalue weighted by Gasteiger charge is 2.31. The first-order valence-corrected chi connectivity index (χ1v) is 25.1. The molecule has 0 bridgehead atoms. The minimum Gasteiger partial charge on any atom is -0.396 e. The van der Waals surface area contributed by atoms with Gasteiger partial charge in [-0.25, -0.2) is 9.97 Å². The van der Waals surface area contributed by atoms with Crippen LogP contribution in [0.4, 0.5) is 23.3 Å². The first-order chi connectivity index (χ1) is 31.7. The summed E-state index contributed by atoms with van der Waals surface area (Å²) in [5.41, 5.74) is 4.10. The number of nitrogens with zero attached hydrogens (tertiary/aromatic N) is 3. The number of aromatic nitrogens is 4. The molecule has 3 fully saturated rings. The Labute approximate surface area is 383 Å². The molecule has 4 aromatic carbocycles. The zero-order valence-corrected chi connectivity index (χ0v) is 38.4. The first kappa shape index (κ1) is 46.3. The normalized spacial score (nSPS) is 16.4. The minimum atomic E-state index is -4.03. The third-order valence-corrected chi connectivity index (χ3v) is 13.9. The fourth-order valence-electron chi connectivity index (χ4n) is 7.57. The topological polar surface area (TPSA) is 250 Å². The monoisotopic (exact) mass is 941 g/mol. The summed E-state index contributed by atoms with van der Waals surface area (Å²) in [7, 11) is -8.03. The lowest BCUT2D eigenvalue weighted by molar-refractivity contribution is -0.118. The molecule has 1 saturated heterocycles. The molecule has 7 N–H and O–H groups in total. The van der Waals surface area contributed by atoms with Crippen molar-refractivity contribution in [2.24, 2.45) is 11.8 Å². The number of hydrogen-bond donors (Lipinski definition) is 7. The van der Waals surface area contributed by atoms with Crippen molar-refractivity contribution in [3.63, 3.8) is 0 Å². The standard InChI is InChI=1S/C24H28N4O5S.C22H27N5O4S/c29-14-12-17-3-1-2-13-28(17)18-6-9-20(10-7-18)34(31,32)33-19-8-11-21-22(15-19)26-24(25-21)27-23(30)16-4-5-16;1-14(2)23-11-12-24-16-5-8-18(9-6-16)32(29,30)31-17-7-10-19-20(13-17)26-22(25-19)27-21(28)15-3-4-15/h6-11,15-17,29H,1-5,12-14H2,(H2,25,26,27,30);5-10,13-15,23-24H,3-4,11-12H2,1-2H3,(H2,25,26,27,28). The van der Waals surface area contributed by atoms with Gasteiger partial charge < -0.3 is 39.0 Å². The number of piperidine rings is 1. The maximum atomic E-state index is 12.9. The lowest BCUT2D eigenvalue weighted by Gasteiger charge is -2.37. The Hall–Kier alpha value is -6.22. The van der Waals surface area contributed by atoms with Crippen LogP contribution in [0.25, 0.3) is 22.1 Å². The maximum Gasteiger partial charge on any atom is 0.339 e. The van der Waals surface area contributed by atoms with Crippen molar-refractivity contribution < 1.29 is 39.9 Å². The zero-order chi connectivity index (χ0) is 46.4.